The topological polar surface area (TPSA) is 64.4 Å². The first kappa shape index (κ1) is 8.17. The molecule has 9 heavy (non-hydrogen) atoms. The van der Waals surface area contributed by atoms with Crippen molar-refractivity contribution >= 4 is 5.71 Å². The molecule has 0 aromatic heterocycles. The Balaban J connectivity index is 4.01. The molecule has 0 heterocycles. The minimum absolute atomic E-state index is 0.0326. The fourth-order valence-corrected chi connectivity index (χ4v) is 0.529. The van der Waals surface area contributed by atoms with Gasteiger partial charge in [-0.3, -0.25) is 4.99 Å². The van der Waals surface area contributed by atoms with E-state index < -0.39 is 0 Å². The minimum atomic E-state index is -0.0326. The Kier molecular flexibility index (Phi) is 3.71. The van der Waals surface area contributed by atoms with Gasteiger partial charge < -0.3 is 11.5 Å². The average Bonchev–Trinajstić information content (AvgIpc) is 1.82. The van der Waals surface area contributed by atoms with E-state index in [2.05, 4.69) is 4.99 Å². The molecule has 0 radical (unpaired) electrons. The summed E-state index contributed by atoms with van der Waals surface area (Å²) in [5.41, 5.74) is 11.4. The van der Waals surface area contributed by atoms with Crippen molar-refractivity contribution in [2.45, 2.75) is 13.0 Å². The zero-order valence-electron chi connectivity index (χ0n) is 5.83. The van der Waals surface area contributed by atoms with Crippen molar-refractivity contribution in [1.29, 1.82) is 0 Å². The third-order valence-corrected chi connectivity index (χ3v) is 0.992. The maximum Gasteiger partial charge on any atom is 0.0523 e. The van der Waals surface area contributed by atoms with Gasteiger partial charge in [-0.25, -0.2) is 0 Å². The summed E-state index contributed by atoms with van der Waals surface area (Å²) in [5.74, 6) is 0. The van der Waals surface area contributed by atoms with Gasteiger partial charge in [-0.05, 0) is 19.2 Å². The van der Waals surface area contributed by atoms with E-state index >= 15 is 0 Å². The van der Waals surface area contributed by atoms with Crippen LogP contribution in [0, 0.1) is 0 Å². The predicted octanol–water partition coefficient (Wildman–Crippen LogP) is -0.123. The standard InChI is InChI=1S/C6H13N3/c1-5(8)6(9-2)3-4-7/h3-5H,7-8H2,1-2H3. The van der Waals surface area contributed by atoms with Crippen LogP contribution in [-0.4, -0.2) is 18.8 Å². The third-order valence-electron chi connectivity index (χ3n) is 0.992. The van der Waals surface area contributed by atoms with Crippen molar-refractivity contribution in [3.63, 3.8) is 0 Å². The normalized spacial score (nSPS) is 16.6. The summed E-state index contributed by atoms with van der Waals surface area (Å²) in [6.07, 6.45) is 3.14. The summed E-state index contributed by atoms with van der Waals surface area (Å²) in [5, 5.41) is 0. The number of aliphatic imine (C=N–C) groups is 1. The van der Waals surface area contributed by atoms with Crippen molar-refractivity contribution in [3.8, 4) is 0 Å². The molecule has 0 bridgehead atoms. The Morgan fingerprint density at radius 1 is 1.67 bits per heavy atom. The van der Waals surface area contributed by atoms with Gasteiger partial charge in [-0.1, -0.05) is 0 Å². The molecule has 0 saturated heterocycles. The zero-order chi connectivity index (χ0) is 7.28. The smallest absolute Gasteiger partial charge is 0.0523 e. The molecule has 52 valence electrons. The highest BCUT2D eigenvalue weighted by molar-refractivity contribution is 5.98. The fraction of sp³-hybridized carbons (Fsp3) is 0.500. The summed E-state index contributed by atoms with van der Waals surface area (Å²) < 4.78 is 0. The fourth-order valence-electron chi connectivity index (χ4n) is 0.529. The maximum absolute atomic E-state index is 5.50. The van der Waals surface area contributed by atoms with Crippen LogP contribution in [0.25, 0.3) is 0 Å². The Morgan fingerprint density at radius 2 is 2.22 bits per heavy atom. The van der Waals surface area contributed by atoms with Gasteiger partial charge in [0.25, 0.3) is 0 Å². The van der Waals surface area contributed by atoms with E-state index in [1.165, 1.54) is 6.20 Å². The van der Waals surface area contributed by atoms with Crippen molar-refractivity contribution in [2.24, 2.45) is 16.5 Å². The van der Waals surface area contributed by atoms with Gasteiger partial charge in [0.1, 0.15) is 0 Å². The van der Waals surface area contributed by atoms with Crippen LogP contribution in [0.15, 0.2) is 17.3 Å². The summed E-state index contributed by atoms with van der Waals surface area (Å²) in [6.45, 7) is 1.86. The van der Waals surface area contributed by atoms with Gasteiger partial charge in [0.15, 0.2) is 0 Å². The Labute approximate surface area is 55.4 Å². The van der Waals surface area contributed by atoms with E-state index in [0.717, 1.165) is 5.71 Å². The van der Waals surface area contributed by atoms with Crippen LogP contribution >= 0.6 is 0 Å². The summed E-state index contributed by atoms with van der Waals surface area (Å²) in [4.78, 5) is 3.90. The lowest BCUT2D eigenvalue weighted by Crippen LogP contribution is -2.25. The highest BCUT2D eigenvalue weighted by Crippen LogP contribution is 1.84. The summed E-state index contributed by atoms with van der Waals surface area (Å²) in [7, 11) is 1.69. The second-order valence-electron chi connectivity index (χ2n) is 1.80. The maximum atomic E-state index is 5.50. The minimum Gasteiger partial charge on any atom is -0.405 e. The highest BCUT2D eigenvalue weighted by Gasteiger charge is 1.96. The van der Waals surface area contributed by atoms with E-state index in [9.17, 15) is 0 Å². The van der Waals surface area contributed by atoms with Gasteiger partial charge >= 0.3 is 0 Å². The van der Waals surface area contributed by atoms with Gasteiger partial charge in [-0.2, -0.15) is 0 Å². The molecular formula is C6H13N3. The predicted molar refractivity (Wildman–Crippen MR) is 40.3 cm³/mol. The SMILES string of the molecule is CN=C(C=CN)C(C)N. The molecule has 0 aromatic carbocycles. The molecule has 1 atom stereocenters. The molecule has 0 amide bonds. The van der Waals surface area contributed by atoms with Gasteiger partial charge in [0.05, 0.1) is 5.71 Å². The van der Waals surface area contributed by atoms with Crippen LogP contribution < -0.4 is 11.5 Å². The van der Waals surface area contributed by atoms with Gasteiger partial charge in [0, 0.05) is 13.1 Å². The molecule has 3 heteroatoms. The van der Waals surface area contributed by atoms with Crippen molar-refractivity contribution in [3.05, 3.63) is 12.3 Å². The van der Waals surface area contributed by atoms with Crippen LogP contribution in [0.4, 0.5) is 0 Å². The molecule has 0 aliphatic heterocycles. The molecule has 1 unspecified atom stereocenters. The number of nitrogens with zero attached hydrogens (tertiary/aromatic N) is 1. The third kappa shape index (κ3) is 2.87. The quantitative estimate of drug-likeness (QED) is 0.508. The van der Waals surface area contributed by atoms with Gasteiger partial charge in [0.2, 0.25) is 0 Å². The average molecular weight is 127 g/mol. The Hall–Kier alpha value is -0.830. The van der Waals surface area contributed by atoms with E-state index in [-0.39, 0.29) is 6.04 Å². The monoisotopic (exact) mass is 127 g/mol. The van der Waals surface area contributed by atoms with Crippen LogP contribution in [0.2, 0.25) is 0 Å². The van der Waals surface area contributed by atoms with E-state index in [1.807, 2.05) is 6.92 Å². The van der Waals surface area contributed by atoms with Crippen LogP contribution in [-0.2, 0) is 0 Å². The lowest BCUT2D eigenvalue weighted by atomic mass is 10.2. The first-order valence-corrected chi connectivity index (χ1v) is 2.83. The lowest BCUT2D eigenvalue weighted by molar-refractivity contribution is 0.973. The number of rotatable bonds is 2. The molecule has 0 aliphatic carbocycles. The molecule has 4 N–H and O–H groups in total. The first-order valence-electron chi connectivity index (χ1n) is 2.83. The molecule has 0 aromatic rings. The highest BCUT2D eigenvalue weighted by atomic mass is 14.8. The molecule has 0 rings (SSSR count). The van der Waals surface area contributed by atoms with Crippen LogP contribution in [0.5, 0.6) is 0 Å². The van der Waals surface area contributed by atoms with Crippen LogP contribution in [0.3, 0.4) is 0 Å². The molecule has 0 saturated carbocycles. The van der Waals surface area contributed by atoms with E-state index in [4.69, 9.17) is 11.5 Å². The van der Waals surface area contributed by atoms with E-state index in [1.54, 1.807) is 13.1 Å². The van der Waals surface area contributed by atoms with Crippen molar-refractivity contribution < 1.29 is 0 Å². The lowest BCUT2D eigenvalue weighted by Gasteiger charge is -2.01. The van der Waals surface area contributed by atoms with Crippen LogP contribution in [0.1, 0.15) is 6.92 Å². The summed E-state index contributed by atoms with van der Waals surface area (Å²) >= 11 is 0. The molecule has 0 fully saturated rings. The Bertz CT molecular complexity index is 124. The Morgan fingerprint density at radius 3 is 2.33 bits per heavy atom. The number of nitrogens with two attached hydrogens (primary N) is 2. The second kappa shape index (κ2) is 4.09. The van der Waals surface area contributed by atoms with Crippen molar-refractivity contribution in [1.82, 2.24) is 0 Å². The van der Waals surface area contributed by atoms with Crippen molar-refractivity contribution in [2.75, 3.05) is 7.05 Å². The van der Waals surface area contributed by atoms with Gasteiger partial charge in [-0.15, -0.1) is 0 Å². The zero-order valence-corrected chi connectivity index (χ0v) is 5.83. The first-order chi connectivity index (χ1) is 4.22. The summed E-state index contributed by atoms with van der Waals surface area (Å²) in [6, 6.07) is -0.0326. The number of hydrogen-bond acceptors (Lipinski definition) is 3. The second-order valence-corrected chi connectivity index (χ2v) is 1.80. The van der Waals surface area contributed by atoms with E-state index in [0.29, 0.717) is 0 Å². The molecule has 3 nitrogen and oxygen atoms in total. The largest absolute Gasteiger partial charge is 0.405 e. The molecule has 0 spiro atoms. The molecule has 0 aliphatic rings. The molecular weight excluding hydrogens is 114 g/mol. The number of hydrogen-bond donors (Lipinski definition) is 2.